The number of imidazole rings is 1. The predicted molar refractivity (Wildman–Crippen MR) is 131 cm³/mol. The van der Waals surface area contributed by atoms with Crippen molar-refractivity contribution >= 4 is 39.2 Å². The number of hydrogen-bond donors (Lipinski definition) is 3. The van der Waals surface area contributed by atoms with E-state index in [0.29, 0.717) is 27.7 Å². The Hall–Kier alpha value is -4.85. The highest BCUT2D eigenvalue weighted by Crippen LogP contribution is 2.45. The zero-order valence-corrected chi connectivity index (χ0v) is 18.5. The average Bonchev–Trinajstić information content (AvgIpc) is 3.42. The fourth-order valence-electron chi connectivity index (χ4n) is 4.62. The molecule has 0 radical (unpaired) electrons. The number of phenolic OH excluding ortho intramolecular Hbond substituents is 1. The molecule has 0 spiro atoms. The van der Waals surface area contributed by atoms with Crippen LogP contribution in [-0.2, 0) is 4.79 Å². The molecule has 0 fully saturated rings. The number of aliphatic hydroxyl groups excluding tert-OH is 1. The van der Waals surface area contributed by atoms with Crippen molar-refractivity contribution in [3.63, 3.8) is 0 Å². The summed E-state index contributed by atoms with van der Waals surface area (Å²) in [6, 6.07) is 15.7. The first kappa shape index (κ1) is 20.7. The zero-order valence-electron chi connectivity index (χ0n) is 18.5. The highest BCUT2D eigenvalue weighted by molar-refractivity contribution is 6.16. The van der Waals surface area contributed by atoms with Gasteiger partial charge >= 0.3 is 0 Å². The summed E-state index contributed by atoms with van der Waals surface area (Å²) in [5.74, 6) is -1.10. The Morgan fingerprint density at radius 2 is 1.80 bits per heavy atom. The first-order chi connectivity index (χ1) is 16.9. The minimum atomic E-state index is -0.968. The van der Waals surface area contributed by atoms with E-state index in [9.17, 15) is 19.8 Å². The standard InChI is InChI=1S/C27H19N3O5/c1-14-2-9-22-18(10-14)25(32)19(12-35-22)24-23(15-3-6-17(31)7-4-15)26(33)27(34)30(24)16-5-8-20-21(11-16)29-13-28-20/h2-13,24,31,33H,1H3,(H,28,29). The molecule has 35 heavy (non-hydrogen) atoms. The summed E-state index contributed by atoms with van der Waals surface area (Å²) >= 11 is 0. The number of aromatic hydroxyl groups is 1. The molecule has 1 aliphatic heterocycles. The van der Waals surface area contributed by atoms with E-state index < -0.39 is 17.7 Å². The molecule has 1 atom stereocenters. The number of aromatic amines is 1. The van der Waals surface area contributed by atoms with Crippen molar-refractivity contribution < 1.29 is 19.4 Å². The summed E-state index contributed by atoms with van der Waals surface area (Å²) in [5, 5.41) is 21.2. The van der Waals surface area contributed by atoms with Crippen LogP contribution in [0.2, 0.25) is 0 Å². The molecule has 0 bridgehead atoms. The summed E-state index contributed by atoms with van der Waals surface area (Å²) in [5.41, 5.74) is 3.84. The summed E-state index contributed by atoms with van der Waals surface area (Å²) < 4.78 is 5.81. The molecule has 0 saturated carbocycles. The Balaban J connectivity index is 1.62. The Morgan fingerprint density at radius 3 is 2.60 bits per heavy atom. The number of rotatable bonds is 3. The van der Waals surface area contributed by atoms with Crippen LogP contribution in [0.25, 0.3) is 27.6 Å². The van der Waals surface area contributed by atoms with Crippen molar-refractivity contribution in [2.24, 2.45) is 0 Å². The second kappa shape index (κ2) is 7.59. The molecular weight excluding hydrogens is 446 g/mol. The second-order valence-corrected chi connectivity index (χ2v) is 8.51. The molecule has 8 nitrogen and oxygen atoms in total. The Bertz CT molecular complexity index is 1730. The van der Waals surface area contributed by atoms with E-state index in [1.807, 2.05) is 13.0 Å². The fourth-order valence-corrected chi connectivity index (χ4v) is 4.62. The smallest absolute Gasteiger partial charge is 0.294 e. The van der Waals surface area contributed by atoms with Crippen molar-refractivity contribution in [3.8, 4) is 5.75 Å². The summed E-state index contributed by atoms with van der Waals surface area (Å²) in [6.07, 6.45) is 2.90. The Kier molecular flexibility index (Phi) is 4.50. The van der Waals surface area contributed by atoms with Gasteiger partial charge in [0.25, 0.3) is 5.91 Å². The SMILES string of the molecule is Cc1ccc2occ(C3C(c4ccc(O)cc4)=C(O)C(=O)N3c3ccc4[nH]cnc4c3)c(=O)c2c1. The molecule has 8 heteroatoms. The van der Waals surface area contributed by atoms with Gasteiger partial charge in [-0.05, 0) is 55.0 Å². The van der Waals surface area contributed by atoms with Crippen molar-refractivity contribution in [1.82, 2.24) is 9.97 Å². The second-order valence-electron chi connectivity index (χ2n) is 8.51. The summed E-state index contributed by atoms with van der Waals surface area (Å²) in [4.78, 5) is 35.8. The maximum absolute atomic E-state index is 13.7. The maximum atomic E-state index is 13.7. The molecule has 2 aromatic heterocycles. The number of nitrogens with one attached hydrogen (secondary N) is 1. The summed E-state index contributed by atoms with van der Waals surface area (Å²) in [6.45, 7) is 1.88. The third-order valence-corrected chi connectivity index (χ3v) is 6.32. The minimum absolute atomic E-state index is 0.0382. The lowest BCUT2D eigenvalue weighted by Crippen LogP contribution is -2.32. The Morgan fingerprint density at radius 1 is 1.00 bits per heavy atom. The van der Waals surface area contributed by atoms with E-state index in [4.69, 9.17) is 4.42 Å². The molecule has 0 saturated heterocycles. The Labute approximate surface area is 198 Å². The highest BCUT2D eigenvalue weighted by atomic mass is 16.3. The number of amides is 1. The fraction of sp³-hybridized carbons (Fsp3) is 0.0741. The van der Waals surface area contributed by atoms with E-state index in [-0.39, 0.29) is 22.3 Å². The minimum Gasteiger partial charge on any atom is -0.508 e. The maximum Gasteiger partial charge on any atom is 0.294 e. The van der Waals surface area contributed by atoms with Crippen LogP contribution in [0.3, 0.4) is 0 Å². The van der Waals surface area contributed by atoms with Crippen LogP contribution in [0.1, 0.15) is 22.7 Å². The van der Waals surface area contributed by atoms with Crippen LogP contribution in [0.4, 0.5) is 5.69 Å². The van der Waals surface area contributed by atoms with E-state index in [2.05, 4.69) is 9.97 Å². The first-order valence-corrected chi connectivity index (χ1v) is 10.9. The average molecular weight is 465 g/mol. The molecule has 1 amide bonds. The van der Waals surface area contributed by atoms with Gasteiger partial charge in [-0.1, -0.05) is 23.8 Å². The first-order valence-electron chi connectivity index (χ1n) is 10.9. The van der Waals surface area contributed by atoms with Crippen LogP contribution in [0.15, 0.2) is 88.2 Å². The van der Waals surface area contributed by atoms with Crippen molar-refractivity contribution in [3.05, 3.63) is 106 Å². The number of aliphatic hydroxyl groups is 1. The molecular formula is C27H19N3O5. The van der Waals surface area contributed by atoms with Gasteiger partial charge in [-0.2, -0.15) is 0 Å². The predicted octanol–water partition coefficient (Wildman–Crippen LogP) is 4.74. The van der Waals surface area contributed by atoms with Crippen LogP contribution in [0, 0.1) is 6.92 Å². The van der Waals surface area contributed by atoms with E-state index in [0.717, 1.165) is 11.1 Å². The number of carbonyl (C=O) groups excluding carboxylic acids is 1. The molecule has 3 N–H and O–H groups in total. The number of hydrogen-bond acceptors (Lipinski definition) is 6. The van der Waals surface area contributed by atoms with Crippen molar-refractivity contribution in [2.75, 3.05) is 4.90 Å². The van der Waals surface area contributed by atoms with Crippen LogP contribution < -0.4 is 10.3 Å². The zero-order chi connectivity index (χ0) is 24.3. The topological polar surface area (TPSA) is 120 Å². The molecule has 0 aliphatic carbocycles. The number of aromatic nitrogens is 2. The number of aryl methyl sites for hydroxylation is 1. The van der Waals surface area contributed by atoms with E-state index in [1.165, 1.54) is 23.3 Å². The molecule has 3 heterocycles. The highest BCUT2D eigenvalue weighted by Gasteiger charge is 2.43. The van der Waals surface area contributed by atoms with Gasteiger partial charge in [0.1, 0.15) is 17.6 Å². The molecule has 6 rings (SSSR count). The van der Waals surface area contributed by atoms with Gasteiger partial charge in [0.05, 0.1) is 34.4 Å². The monoisotopic (exact) mass is 465 g/mol. The third kappa shape index (κ3) is 3.18. The lowest BCUT2D eigenvalue weighted by molar-refractivity contribution is -0.117. The number of benzene rings is 3. The van der Waals surface area contributed by atoms with Crippen LogP contribution >= 0.6 is 0 Å². The van der Waals surface area contributed by atoms with Gasteiger partial charge < -0.3 is 19.6 Å². The molecule has 1 aliphatic rings. The van der Waals surface area contributed by atoms with Gasteiger partial charge in [-0.25, -0.2) is 4.98 Å². The van der Waals surface area contributed by atoms with Gasteiger partial charge in [0, 0.05) is 11.3 Å². The molecule has 3 aromatic carbocycles. The van der Waals surface area contributed by atoms with Crippen LogP contribution in [-0.4, -0.2) is 26.1 Å². The number of nitrogens with zero attached hydrogens (tertiary/aromatic N) is 2. The van der Waals surface area contributed by atoms with Gasteiger partial charge in [0.2, 0.25) is 0 Å². The largest absolute Gasteiger partial charge is 0.508 e. The number of phenols is 1. The van der Waals surface area contributed by atoms with Crippen molar-refractivity contribution in [2.45, 2.75) is 13.0 Å². The van der Waals surface area contributed by atoms with E-state index >= 15 is 0 Å². The number of carbonyl (C=O) groups is 1. The van der Waals surface area contributed by atoms with Gasteiger partial charge in [0.15, 0.2) is 11.2 Å². The number of anilines is 1. The molecule has 1 unspecified atom stereocenters. The number of H-pyrrole nitrogens is 1. The van der Waals surface area contributed by atoms with Crippen molar-refractivity contribution in [1.29, 1.82) is 0 Å². The third-order valence-electron chi connectivity index (χ3n) is 6.32. The number of fused-ring (bicyclic) bond motifs is 2. The van der Waals surface area contributed by atoms with Crippen LogP contribution in [0.5, 0.6) is 5.75 Å². The normalized spacial score (nSPS) is 16.1. The molecule has 172 valence electrons. The summed E-state index contributed by atoms with van der Waals surface area (Å²) in [7, 11) is 0. The van der Waals surface area contributed by atoms with E-state index in [1.54, 1.807) is 48.8 Å². The quantitative estimate of drug-likeness (QED) is 0.354. The molecule has 5 aromatic rings. The van der Waals surface area contributed by atoms with Gasteiger partial charge in [-0.3, -0.25) is 14.5 Å². The lowest BCUT2D eigenvalue weighted by Gasteiger charge is -2.26. The van der Waals surface area contributed by atoms with Gasteiger partial charge in [-0.15, -0.1) is 0 Å². The lowest BCUT2D eigenvalue weighted by atomic mass is 9.93.